The molecular weight excluding hydrogens is 251 g/mol. The lowest BCUT2D eigenvalue weighted by Crippen LogP contribution is -2.36. The fourth-order valence-corrected chi connectivity index (χ4v) is 1.67. The van der Waals surface area contributed by atoms with E-state index in [2.05, 4.69) is 10.6 Å². The number of benzene rings is 1. The van der Waals surface area contributed by atoms with Gasteiger partial charge >= 0.3 is 5.97 Å². The molecule has 1 heterocycles. The summed E-state index contributed by atoms with van der Waals surface area (Å²) in [6, 6.07) is 3.45. The summed E-state index contributed by atoms with van der Waals surface area (Å²) in [5.41, 5.74) is 1.41. The summed E-state index contributed by atoms with van der Waals surface area (Å²) in [5, 5.41) is 14.4. The summed E-state index contributed by atoms with van der Waals surface area (Å²) in [4.78, 5) is 22.7. The summed E-state index contributed by atoms with van der Waals surface area (Å²) in [6.07, 6.45) is 0. The van der Waals surface area contributed by atoms with E-state index in [1.165, 1.54) is 6.07 Å². The second-order valence-electron chi connectivity index (χ2n) is 4.29. The van der Waals surface area contributed by atoms with Crippen molar-refractivity contribution in [2.24, 2.45) is 0 Å². The number of carboxylic acids is 1. The van der Waals surface area contributed by atoms with Crippen molar-refractivity contribution in [3.63, 3.8) is 0 Å². The first-order chi connectivity index (χ1) is 8.99. The number of nitrogens with one attached hydrogen (secondary N) is 2. The van der Waals surface area contributed by atoms with E-state index in [0.29, 0.717) is 18.7 Å². The predicted octanol–water partition coefficient (Wildman–Crippen LogP) is 1.38. The normalized spacial score (nSPS) is 13.7. The molecule has 1 saturated heterocycles. The first-order valence-electron chi connectivity index (χ1n) is 5.72. The Hall–Kier alpha value is -2.21. The highest BCUT2D eigenvalue weighted by Gasteiger charge is 2.17. The molecule has 1 fully saturated rings. The number of rotatable bonds is 3. The number of hydrogen-bond acceptors (Lipinski definition) is 3. The Bertz CT molecular complexity index is 575. The van der Waals surface area contributed by atoms with Gasteiger partial charge in [0, 0.05) is 24.4 Å². The van der Waals surface area contributed by atoms with E-state index >= 15 is 0 Å². The Morgan fingerprint density at radius 2 is 2.05 bits per heavy atom. The Balaban J connectivity index is 2.17. The fraction of sp³-hybridized carbons (Fsp3) is 0.231. The van der Waals surface area contributed by atoms with Crippen LogP contribution in [0.25, 0.3) is 0 Å². The molecule has 2 rings (SSSR count). The average Bonchev–Trinajstić information content (AvgIpc) is 2.28. The zero-order valence-electron chi connectivity index (χ0n) is 10.3. The summed E-state index contributed by atoms with van der Waals surface area (Å²) in [5.74, 6) is -2.50. The molecule has 0 radical (unpaired) electrons. The van der Waals surface area contributed by atoms with Crippen molar-refractivity contribution >= 4 is 17.6 Å². The molecule has 0 spiro atoms. The zero-order valence-corrected chi connectivity index (χ0v) is 10.3. The molecule has 19 heavy (non-hydrogen) atoms. The Morgan fingerprint density at radius 1 is 1.37 bits per heavy atom. The minimum Gasteiger partial charge on any atom is -0.478 e. The fourth-order valence-electron chi connectivity index (χ4n) is 1.67. The Morgan fingerprint density at radius 3 is 2.58 bits per heavy atom. The first kappa shape index (κ1) is 13.2. The quantitative estimate of drug-likeness (QED) is 0.721. The summed E-state index contributed by atoms with van der Waals surface area (Å²) < 4.78 is 13.2. The molecule has 1 aromatic rings. The molecule has 6 heteroatoms. The highest BCUT2D eigenvalue weighted by Crippen LogP contribution is 2.17. The number of carbonyl (C=O) groups excluding carboxylic acids is 1. The van der Waals surface area contributed by atoms with Gasteiger partial charge in [-0.05, 0) is 30.7 Å². The van der Waals surface area contributed by atoms with Crippen LogP contribution in [0.3, 0.4) is 0 Å². The van der Waals surface area contributed by atoms with E-state index in [1.807, 2.05) is 0 Å². The van der Waals surface area contributed by atoms with Crippen LogP contribution in [0.15, 0.2) is 29.3 Å². The maximum absolute atomic E-state index is 13.2. The number of aromatic carboxylic acids is 1. The predicted molar refractivity (Wildman–Crippen MR) is 67.6 cm³/mol. The smallest absolute Gasteiger partial charge is 0.338 e. The minimum absolute atomic E-state index is 0.260. The largest absolute Gasteiger partial charge is 0.478 e. The molecule has 100 valence electrons. The second-order valence-corrected chi connectivity index (χ2v) is 4.29. The van der Waals surface area contributed by atoms with Gasteiger partial charge in [-0.1, -0.05) is 0 Å². The van der Waals surface area contributed by atoms with Crippen molar-refractivity contribution in [1.82, 2.24) is 5.32 Å². The SMILES string of the molecule is CC(C(=O)Nc1ccc(F)c(C(=O)O)c1)=C1CNC1. The topological polar surface area (TPSA) is 78.4 Å². The van der Waals surface area contributed by atoms with Gasteiger partial charge in [0.25, 0.3) is 5.91 Å². The molecule has 5 nitrogen and oxygen atoms in total. The number of amides is 1. The van der Waals surface area contributed by atoms with Crippen molar-refractivity contribution in [1.29, 1.82) is 0 Å². The molecule has 1 aromatic carbocycles. The highest BCUT2D eigenvalue weighted by molar-refractivity contribution is 6.04. The van der Waals surface area contributed by atoms with Crippen LogP contribution >= 0.6 is 0 Å². The first-order valence-corrected chi connectivity index (χ1v) is 5.72. The summed E-state index contributed by atoms with van der Waals surface area (Å²) in [6.45, 7) is 3.07. The third-order valence-electron chi connectivity index (χ3n) is 3.00. The number of carbonyl (C=O) groups is 2. The molecular formula is C13H13FN2O3. The summed E-state index contributed by atoms with van der Waals surface area (Å²) >= 11 is 0. The number of anilines is 1. The Kier molecular flexibility index (Phi) is 3.62. The molecule has 1 aliphatic heterocycles. The lowest BCUT2D eigenvalue weighted by atomic mass is 10.0. The maximum Gasteiger partial charge on any atom is 0.338 e. The standard InChI is InChI=1S/C13H13FN2O3/c1-7(8-5-15-6-8)12(17)16-9-2-3-11(14)10(4-9)13(18)19/h2-4,15H,5-6H2,1H3,(H,16,17)(H,18,19). The van der Waals surface area contributed by atoms with Crippen LogP contribution < -0.4 is 10.6 Å². The number of carboxylic acid groups (broad SMARTS) is 1. The maximum atomic E-state index is 13.2. The van der Waals surface area contributed by atoms with Crippen molar-refractivity contribution in [3.8, 4) is 0 Å². The summed E-state index contributed by atoms with van der Waals surface area (Å²) in [7, 11) is 0. The van der Waals surface area contributed by atoms with Crippen LogP contribution in [0.2, 0.25) is 0 Å². The van der Waals surface area contributed by atoms with Crippen LogP contribution in [0.1, 0.15) is 17.3 Å². The third-order valence-corrected chi connectivity index (χ3v) is 3.00. The van der Waals surface area contributed by atoms with Crippen LogP contribution in [-0.2, 0) is 4.79 Å². The van der Waals surface area contributed by atoms with Crippen molar-refractivity contribution in [2.45, 2.75) is 6.92 Å². The average molecular weight is 264 g/mol. The van der Waals surface area contributed by atoms with Crippen molar-refractivity contribution < 1.29 is 19.1 Å². The zero-order chi connectivity index (χ0) is 14.0. The highest BCUT2D eigenvalue weighted by atomic mass is 19.1. The van der Waals surface area contributed by atoms with Crippen LogP contribution in [0, 0.1) is 5.82 Å². The number of halogens is 1. The lowest BCUT2D eigenvalue weighted by Gasteiger charge is -2.21. The van der Waals surface area contributed by atoms with Gasteiger partial charge in [0.1, 0.15) is 5.82 Å². The van der Waals surface area contributed by atoms with Gasteiger partial charge in [-0.2, -0.15) is 0 Å². The molecule has 0 bridgehead atoms. The van der Waals surface area contributed by atoms with Gasteiger partial charge in [-0.15, -0.1) is 0 Å². The molecule has 0 aliphatic carbocycles. The molecule has 0 aromatic heterocycles. The van der Waals surface area contributed by atoms with Crippen molar-refractivity contribution in [2.75, 3.05) is 18.4 Å². The van der Waals surface area contributed by atoms with Gasteiger partial charge in [0.05, 0.1) is 5.56 Å². The van der Waals surface area contributed by atoms with Crippen molar-refractivity contribution in [3.05, 3.63) is 40.7 Å². The van der Waals surface area contributed by atoms with Gasteiger partial charge < -0.3 is 15.7 Å². The van der Waals surface area contributed by atoms with Crippen LogP contribution in [0.4, 0.5) is 10.1 Å². The number of hydrogen-bond donors (Lipinski definition) is 3. The molecule has 0 unspecified atom stereocenters. The lowest BCUT2D eigenvalue weighted by molar-refractivity contribution is -0.112. The minimum atomic E-state index is -1.37. The van der Waals surface area contributed by atoms with E-state index in [4.69, 9.17) is 5.11 Å². The monoisotopic (exact) mass is 264 g/mol. The molecule has 0 saturated carbocycles. The van der Waals surface area contributed by atoms with E-state index < -0.39 is 17.3 Å². The van der Waals surface area contributed by atoms with Gasteiger partial charge in [0.15, 0.2) is 0 Å². The van der Waals surface area contributed by atoms with Gasteiger partial charge in [-0.25, -0.2) is 9.18 Å². The van der Waals surface area contributed by atoms with Gasteiger partial charge in [0.2, 0.25) is 0 Å². The Labute approximate surface area is 109 Å². The van der Waals surface area contributed by atoms with E-state index in [9.17, 15) is 14.0 Å². The molecule has 1 amide bonds. The van der Waals surface area contributed by atoms with E-state index in [0.717, 1.165) is 17.7 Å². The van der Waals surface area contributed by atoms with E-state index in [-0.39, 0.29) is 11.6 Å². The van der Waals surface area contributed by atoms with Crippen LogP contribution in [0.5, 0.6) is 0 Å². The van der Waals surface area contributed by atoms with Gasteiger partial charge in [-0.3, -0.25) is 4.79 Å². The second kappa shape index (κ2) is 5.19. The molecule has 1 aliphatic rings. The molecule has 3 N–H and O–H groups in total. The molecule has 0 atom stereocenters. The van der Waals surface area contributed by atoms with E-state index in [1.54, 1.807) is 6.92 Å². The van der Waals surface area contributed by atoms with Crippen LogP contribution in [-0.4, -0.2) is 30.1 Å². The third kappa shape index (κ3) is 2.79.